The lowest BCUT2D eigenvalue weighted by Gasteiger charge is -2.38. The smallest absolute Gasteiger partial charge is 0.264 e. The Labute approximate surface area is 189 Å². The van der Waals surface area contributed by atoms with Crippen LogP contribution in [0.5, 0.6) is 5.88 Å². The molecule has 1 spiro atoms. The van der Waals surface area contributed by atoms with E-state index in [4.69, 9.17) is 4.74 Å². The lowest BCUT2D eigenvalue weighted by atomic mass is 9.64. The van der Waals surface area contributed by atoms with Gasteiger partial charge in [0.1, 0.15) is 22.3 Å². The monoisotopic (exact) mass is 470 g/mol. The number of halogens is 2. The minimum atomic E-state index is -4.34. The molecule has 0 atom stereocenters. The van der Waals surface area contributed by atoms with E-state index in [0.29, 0.717) is 35.9 Å². The molecule has 2 aliphatic carbocycles. The molecule has 0 aliphatic heterocycles. The van der Waals surface area contributed by atoms with E-state index in [1.54, 1.807) is 30.5 Å². The zero-order valence-electron chi connectivity index (χ0n) is 17.7. The maximum Gasteiger partial charge on any atom is 0.264 e. The Morgan fingerprint density at radius 2 is 1.88 bits per heavy atom. The van der Waals surface area contributed by atoms with Crippen molar-refractivity contribution >= 4 is 21.5 Å². The molecule has 1 heterocycles. The summed E-state index contributed by atoms with van der Waals surface area (Å²) < 4.78 is 60.8. The van der Waals surface area contributed by atoms with E-state index >= 15 is 0 Å². The predicted molar refractivity (Wildman–Crippen MR) is 118 cm³/mol. The summed E-state index contributed by atoms with van der Waals surface area (Å²) in [6, 6.07) is 9.04. The van der Waals surface area contributed by atoms with Gasteiger partial charge in [-0.15, -0.1) is 0 Å². The molecule has 0 radical (unpaired) electrons. The number of nitrogens with one attached hydrogen (secondary N) is 1. The molecule has 2 aromatic carbocycles. The summed E-state index contributed by atoms with van der Waals surface area (Å²) in [5.74, 6) is -1.51. The average Bonchev–Trinajstić information content (AvgIpc) is 3.04. The number of rotatable bonds is 5. The number of fused-ring (bicyclic) bond motifs is 2. The van der Waals surface area contributed by atoms with Crippen molar-refractivity contribution in [2.45, 2.75) is 36.0 Å². The number of benzene rings is 2. The van der Waals surface area contributed by atoms with E-state index in [2.05, 4.69) is 9.71 Å². The van der Waals surface area contributed by atoms with Gasteiger partial charge in [-0.1, -0.05) is 6.42 Å². The number of hydrogen-bond acceptors (Lipinski definition) is 5. The van der Waals surface area contributed by atoms with Gasteiger partial charge < -0.3 is 4.74 Å². The minimum absolute atomic E-state index is 0.121. The maximum absolute atomic E-state index is 14.2. The van der Waals surface area contributed by atoms with E-state index in [1.807, 2.05) is 0 Å². The average molecular weight is 470 g/mol. The molecule has 1 N–H and O–H groups in total. The number of methoxy groups -OCH3 is 1. The number of sulfonamides is 1. The first-order chi connectivity index (χ1) is 15.7. The predicted octanol–water partition coefficient (Wildman–Crippen LogP) is 4.38. The number of ether oxygens (including phenoxy) is 1. The summed E-state index contributed by atoms with van der Waals surface area (Å²) in [6.07, 6.45) is 4.20. The Morgan fingerprint density at radius 3 is 2.48 bits per heavy atom. The van der Waals surface area contributed by atoms with E-state index < -0.39 is 32.0 Å². The number of pyridine rings is 1. The van der Waals surface area contributed by atoms with Crippen LogP contribution in [0.2, 0.25) is 0 Å². The molecule has 1 saturated carbocycles. The molecule has 5 rings (SSSR count). The normalized spacial score (nSPS) is 16.4. The summed E-state index contributed by atoms with van der Waals surface area (Å²) >= 11 is 0. The van der Waals surface area contributed by atoms with Gasteiger partial charge in [0.05, 0.1) is 12.5 Å². The second-order valence-electron chi connectivity index (χ2n) is 8.36. The van der Waals surface area contributed by atoms with Crippen LogP contribution in [0.3, 0.4) is 0 Å². The van der Waals surface area contributed by atoms with E-state index in [1.165, 1.54) is 7.11 Å². The highest BCUT2D eigenvalue weighted by molar-refractivity contribution is 7.92. The van der Waals surface area contributed by atoms with Crippen LogP contribution in [0, 0.1) is 11.6 Å². The van der Waals surface area contributed by atoms with Crippen molar-refractivity contribution in [3.63, 3.8) is 0 Å². The first-order valence-electron chi connectivity index (χ1n) is 10.4. The van der Waals surface area contributed by atoms with Crippen molar-refractivity contribution < 1.29 is 26.7 Å². The van der Waals surface area contributed by atoms with Gasteiger partial charge in [-0.2, -0.15) is 0 Å². The number of carbonyl (C=O) groups is 1. The fourth-order valence-corrected chi connectivity index (χ4v) is 5.83. The second kappa shape index (κ2) is 7.62. The lowest BCUT2D eigenvalue weighted by Crippen LogP contribution is -2.39. The molecule has 170 valence electrons. The molecule has 0 amide bonds. The zero-order chi connectivity index (χ0) is 23.4. The van der Waals surface area contributed by atoms with Crippen LogP contribution in [0.15, 0.2) is 53.6 Å². The van der Waals surface area contributed by atoms with Gasteiger partial charge in [-0.25, -0.2) is 22.2 Å². The van der Waals surface area contributed by atoms with E-state index in [0.717, 1.165) is 29.7 Å². The zero-order valence-corrected chi connectivity index (χ0v) is 18.5. The molecule has 9 heteroatoms. The van der Waals surface area contributed by atoms with Gasteiger partial charge >= 0.3 is 0 Å². The number of hydrogen-bond donors (Lipinski definition) is 1. The summed E-state index contributed by atoms with van der Waals surface area (Å²) in [4.78, 5) is 16.5. The van der Waals surface area contributed by atoms with Gasteiger partial charge in [-0.3, -0.25) is 9.52 Å². The molecule has 0 unspecified atom stereocenters. The van der Waals surface area contributed by atoms with Crippen LogP contribution in [0.4, 0.5) is 14.5 Å². The fraction of sp³-hybridized carbons (Fsp3) is 0.250. The van der Waals surface area contributed by atoms with Crippen LogP contribution < -0.4 is 9.46 Å². The first kappa shape index (κ1) is 21.5. The highest BCUT2D eigenvalue weighted by Gasteiger charge is 2.51. The molecule has 0 saturated heterocycles. The van der Waals surface area contributed by atoms with Gasteiger partial charge in [0, 0.05) is 36.0 Å². The Kier molecular flexibility index (Phi) is 4.97. The van der Waals surface area contributed by atoms with Gasteiger partial charge in [-0.05, 0) is 59.9 Å². The van der Waals surface area contributed by atoms with Crippen LogP contribution in [0.25, 0.3) is 11.1 Å². The van der Waals surface area contributed by atoms with Crippen LogP contribution >= 0.6 is 0 Å². The van der Waals surface area contributed by atoms with E-state index in [-0.39, 0.29) is 17.9 Å². The molecule has 6 nitrogen and oxygen atoms in total. The van der Waals surface area contributed by atoms with Crippen LogP contribution in [0.1, 0.15) is 30.4 Å². The van der Waals surface area contributed by atoms with Crippen LogP contribution in [-0.2, 0) is 26.7 Å². The van der Waals surface area contributed by atoms with Gasteiger partial charge in [0.2, 0.25) is 5.88 Å². The molecule has 0 bridgehead atoms. The Morgan fingerprint density at radius 1 is 1.09 bits per heavy atom. The molecule has 1 fully saturated rings. The van der Waals surface area contributed by atoms with Crippen molar-refractivity contribution in [2.24, 2.45) is 0 Å². The second-order valence-corrected chi connectivity index (χ2v) is 10.0. The number of carbonyl (C=O) groups excluding carboxylic acids is 1. The quantitative estimate of drug-likeness (QED) is 0.598. The molecule has 3 aromatic rings. The summed E-state index contributed by atoms with van der Waals surface area (Å²) in [6.45, 7) is 0. The number of ketones is 1. The minimum Gasteiger partial charge on any atom is -0.481 e. The first-order valence-corrected chi connectivity index (χ1v) is 11.9. The summed E-state index contributed by atoms with van der Waals surface area (Å²) in [5.41, 5.74) is 2.62. The Bertz CT molecular complexity index is 1380. The van der Waals surface area contributed by atoms with Crippen molar-refractivity contribution in [1.29, 1.82) is 0 Å². The number of aromatic nitrogens is 1. The highest BCUT2D eigenvalue weighted by Crippen LogP contribution is 2.53. The fourth-order valence-electron chi connectivity index (χ4n) is 4.73. The number of nitrogens with zero attached hydrogens (tertiary/aromatic N) is 1. The third-order valence-corrected chi connectivity index (χ3v) is 7.95. The standard InChI is InChI=1S/C24H20F2N2O4S/c1-32-23-6-3-14(13-27-23)17-10-16(11-19-18(17)12-22(29)24(19)7-2-8-24)28-33(30,31)21-5-4-15(25)9-20(21)26/h3-6,9-11,13,28H,2,7-8,12H2,1H3. The lowest BCUT2D eigenvalue weighted by molar-refractivity contribution is -0.125. The third kappa shape index (κ3) is 3.47. The molecular weight excluding hydrogens is 450 g/mol. The van der Waals surface area contributed by atoms with Gasteiger partial charge in [0.15, 0.2) is 0 Å². The molecule has 2 aliphatic rings. The Balaban J connectivity index is 1.63. The molecule has 33 heavy (non-hydrogen) atoms. The largest absolute Gasteiger partial charge is 0.481 e. The Hall–Kier alpha value is -3.33. The van der Waals surface area contributed by atoms with Crippen molar-refractivity contribution in [3.05, 3.63) is 71.4 Å². The molecule has 1 aromatic heterocycles. The van der Waals surface area contributed by atoms with Crippen molar-refractivity contribution in [1.82, 2.24) is 4.98 Å². The summed E-state index contributed by atoms with van der Waals surface area (Å²) in [5, 5.41) is 0. The number of anilines is 1. The van der Waals surface area contributed by atoms with Gasteiger partial charge in [0.25, 0.3) is 10.0 Å². The van der Waals surface area contributed by atoms with E-state index in [9.17, 15) is 22.0 Å². The summed E-state index contributed by atoms with van der Waals surface area (Å²) in [7, 11) is -2.84. The maximum atomic E-state index is 14.2. The SMILES string of the molecule is COc1ccc(-c2cc(NS(=O)(=O)c3ccc(F)cc3F)cc3c2CC(=O)C32CCC2)cn1. The van der Waals surface area contributed by atoms with Crippen LogP contribution in [-0.4, -0.2) is 26.3 Å². The third-order valence-electron chi connectivity index (χ3n) is 6.54. The number of Topliss-reactive ketones (excluding diaryl/α,β-unsaturated/α-hetero) is 1. The highest BCUT2D eigenvalue weighted by atomic mass is 32.2. The topological polar surface area (TPSA) is 85.4 Å². The molecular formula is C24H20F2N2O4S. The van der Waals surface area contributed by atoms with Crippen molar-refractivity contribution in [2.75, 3.05) is 11.8 Å². The van der Waals surface area contributed by atoms with Crippen molar-refractivity contribution in [3.8, 4) is 17.0 Å².